The van der Waals surface area contributed by atoms with E-state index in [9.17, 15) is 0 Å². The number of likely N-dealkylation sites (tertiary alicyclic amines) is 1. The number of benzene rings is 2. The van der Waals surface area contributed by atoms with Crippen molar-refractivity contribution >= 4 is 22.1 Å². The van der Waals surface area contributed by atoms with Crippen molar-refractivity contribution in [3.05, 3.63) is 70.4 Å². The van der Waals surface area contributed by atoms with Crippen LogP contribution in [0.5, 0.6) is 0 Å². The molecule has 4 rings (SSSR count). The zero-order chi connectivity index (χ0) is 17.8. The first kappa shape index (κ1) is 17.7. The summed E-state index contributed by atoms with van der Waals surface area (Å²) < 4.78 is 0. The van der Waals surface area contributed by atoms with Crippen molar-refractivity contribution in [3.8, 4) is 0 Å². The van der Waals surface area contributed by atoms with Crippen LogP contribution in [0.4, 0.5) is 0 Å². The van der Waals surface area contributed by atoms with Crippen LogP contribution in [0.1, 0.15) is 41.9 Å². The van der Waals surface area contributed by atoms with Gasteiger partial charge < -0.3 is 5.73 Å². The van der Waals surface area contributed by atoms with Crippen LogP contribution in [0, 0.1) is 0 Å². The molecule has 1 saturated heterocycles. The molecule has 2 heterocycles. The average molecular weight is 366 g/mol. The molecule has 3 aromatic rings. The molecule has 0 aliphatic carbocycles. The molecule has 0 radical (unpaired) electrons. The molecule has 1 aromatic heterocycles. The topological polar surface area (TPSA) is 41.3 Å². The summed E-state index contributed by atoms with van der Waals surface area (Å²) in [6.07, 6.45) is 3.80. The maximum absolute atomic E-state index is 6.57. The van der Waals surface area contributed by atoms with E-state index in [0.717, 1.165) is 6.54 Å². The zero-order valence-electron chi connectivity index (χ0n) is 15.1. The molecule has 2 unspecified atom stereocenters. The Morgan fingerprint density at radius 3 is 2.58 bits per heavy atom. The molecule has 0 saturated carbocycles. The highest BCUT2D eigenvalue weighted by Crippen LogP contribution is 2.28. The summed E-state index contributed by atoms with van der Waals surface area (Å²) in [5.41, 5.74) is 7.74. The third kappa shape index (κ3) is 3.84. The van der Waals surface area contributed by atoms with Gasteiger partial charge in [-0.25, -0.2) is 0 Å². The summed E-state index contributed by atoms with van der Waals surface area (Å²) in [5, 5.41) is 8.28. The van der Waals surface area contributed by atoms with Gasteiger partial charge in [0, 0.05) is 11.4 Å². The van der Waals surface area contributed by atoms with Crippen molar-refractivity contribution in [2.75, 3.05) is 19.6 Å². The van der Waals surface area contributed by atoms with Crippen LogP contribution in [-0.4, -0.2) is 24.5 Å². The van der Waals surface area contributed by atoms with E-state index in [-0.39, 0.29) is 6.17 Å². The van der Waals surface area contributed by atoms with Gasteiger partial charge in [-0.1, -0.05) is 55.0 Å². The van der Waals surface area contributed by atoms with Gasteiger partial charge in [0.25, 0.3) is 0 Å². The van der Waals surface area contributed by atoms with Gasteiger partial charge in [-0.15, -0.1) is 11.3 Å². The number of nitrogens with one attached hydrogen (secondary N) is 1. The smallest absolute Gasteiger partial charge is 0.0816 e. The number of hydrogen-bond acceptors (Lipinski definition) is 4. The van der Waals surface area contributed by atoms with Crippen molar-refractivity contribution in [2.45, 2.75) is 31.5 Å². The van der Waals surface area contributed by atoms with Crippen molar-refractivity contribution in [1.29, 1.82) is 0 Å². The van der Waals surface area contributed by atoms with E-state index in [1.54, 1.807) is 0 Å². The minimum Gasteiger partial charge on any atom is -0.312 e. The first-order valence-electron chi connectivity index (χ1n) is 9.57. The minimum absolute atomic E-state index is 0.159. The van der Waals surface area contributed by atoms with Gasteiger partial charge in [0.1, 0.15) is 0 Å². The van der Waals surface area contributed by atoms with E-state index in [2.05, 4.69) is 70.2 Å². The molecule has 1 aliphatic rings. The largest absolute Gasteiger partial charge is 0.312 e. The second kappa shape index (κ2) is 8.31. The Labute approximate surface area is 159 Å². The molecule has 0 bridgehead atoms. The van der Waals surface area contributed by atoms with Gasteiger partial charge in [0.05, 0.1) is 12.2 Å². The summed E-state index contributed by atoms with van der Waals surface area (Å²) in [4.78, 5) is 4.06. The molecule has 2 aromatic carbocycles. The third-order valence-corrected chi connectivity index (χ3v) is 6.37. The van der Waals surface area contributed by atoms with E-state index in [0.29, 0.717) is 6.04 Å². The molecule has 3 nitrogen and oxygen atoms in total. The third-order valence-electron chi connectivity index (χ3n) is 5.39. The Balaban J connectivity index is 1.51. The van der Waals surface area contributed by atoms with Crippen molar-refractivity contribution in [2.24, 2.45) is 5.73 Å². The fraction of sp³-hybridized carbons (Fsp3) is 0.364. The SMILES string of the molecule is NC(NCC(c1cccs1)N1CCCCC1)c1cccc2ccccc12. The Bertz CT molecular complexity index is 819. The number of piperidine rings is 1. The van der Waals surface area contributed by atoms with E-state index >= 15 is 0 Å². The normalized spacial score (nSPS) is 18.0. The van der Waals surface area contributed by atoms with Gasteiger partial charge in [0.2, 0.25) is 0 Å². The van der Waals surface area contributed by atoms with E-state index in [1.807, 2.05) is 11.3 Å². The lowest BCUT2D eigenvalue weighted by Gasteiger charge is -2.35. The van der Waals surface area contributed by atoms with Gasteiger partial charge in [-0.05, 0) is 53.7 Å². The van der Waals surface area contributed by atoms with E-state index in [1.165, 1.54) is 53.6 Å². The average Bonchev–Trinajstić information content (AvgIpc) is 3.23. The van der Waals surface area contributed by atoms with E-state index < -0.39 is 0 Å². The molecule has 2 atom stereocenters. The maximum atomic E-state index is 6.57. The number of fused-ring (bicyclic) bond motifs is 1. The summed E-state index contributed by atoms with van der Waals surface area (Å²) >= 11 is 1.85. The standard InChI is InChI=1S/C22H27N3S/c23-22(19-11-6-9-17-8-2-3-10-18(17)19)24-16-20(21-12-7-15-26-21)25-13-4-1-5-14-25/h2-3,6-12,15,20,22,24H,1,4-5,13-14,16,23H2. The lowest BCUT2D eigenvalue weighted by molar-refractivity contribution is 0.160. The molecule has 136 valence electrons. The van der Waals surface area contributed by atoms with Gasteiger partial charge >= 0.3 is 0 Å². The van der Waals surface area contributed by atoms with Crippen LogP contribution in [-0.2, 0) is 0 Å². The Kier molecular flexibility index (Phi) is 5.65. The second-order valence-electron chi connectivity index (χ2n) is 7.08. The molecule has 0 amide bonds. The number of nitrogens with zero attached hydrogens (tertiary/aromatic N) is 1. The summed E-state index contributed by atoms with van der Waals surface area (Å²) in [6.45, 7) is 3.26. The molecule has 1 fully saturated rings. The van der Waals surface area contributed by atoms with Crippen LogP contribution < -0.4 is 11.1 Å². The van der Waals surface area contributed by atoms with Crippen LogP contribution in [0.2, 0.25) is 0 Å². The fourth-order valence-corrected chi connectivity index (χ4v) is 4.85. The minimum atomic E-state index is -0.159. The van der Waals surface area contributed by atoms with Gasteiger partial charge in [-0.3, -0.25) is 10.2 Å². The second-order valence-corrected chi connectivity index (χ2v) is 8.06. The summed E-state index contributed by atoms with van der Waals surface area (Å²) in [5.74, 6) is 0. The predicted octanol–water partition coefficient (Wildman–Crippen LogP) is 4.68. The molecule has 3 N–H and O–H groups in total. The highest BCUT2D eigenvalue weighted by Gasteiger charge is 2.23. The number of hydrogen-bond donors (Lipinski definition) is 2. The molecular weight excluding hydrogens is 338 g/mol. The maximum Gasteiger partial charge on any atom is 0.0816 e. The lowest BCUT2D eigenvalue weighted by atomic mass is 10.0. The van der Waals surface area contributed by atoms with Crippen LogP contribution >= 0.6 is 11.3 Å². The summed E-state index contributed by atoms with van der Waals surface area (Å²) in [7, 11) is 0. The number of nitrogens with two attached hydrogens (primary N) is 1. The van der Waals surface area contributed by atoms with Crippen LogP contribution in [0.3, 0.4) is 0 Å². The molecule has 26 heavy (non-hydrogen) atoms. The van der Waals surface area contributed by atoms with Crippen molar-refractivity contribution in [3.63, 3.8) is 0 Å². The Hall–Kier alpha value is -1.72. The van der Waals surface area contributed by atoms with Crippen LogP contribution in [0.25, 0.3) is 10.8 Å². The predicted molar refractivity (Wildman–Crippen MR) is 111 cm³/mol. The number of rotatable bonds is 6. The quantitative estimate of drug-likeness (QED) is 0.624. The highest BCUT2D eigenvalue weighted by atomic mass is 32.1. The lowest BCUT2D eigenvalue weighted by Crippen LogP contribution is -2.41. The molecule has 0 spiro atoms. The number of thiophene rings is 1. The van der Waals surface area contributed by atoms with E-state index in [4.69, 9.17) is 5.73 Å². The molecular formula is C22H27N3S. The van der Waals surface area contributed by atoms with Gasteiger partial charge in [0.15, 0.2) is 0 Å². The summed E-state index contributed by atoms with van der Waals surface area (Å²) in [6, 6.07) is 19.7. The molecule has 4 heteroatoms. The molecule has 1 aliphatic heterocycles. The Morgan fingerprint density at radius 2 is 1.77 bits per heavy atom. The first-order valence-corrected chi connectivity index (χ1v) is 10.4. The van der Waals surface area contributed by atoms with Crippen LogP contribution in [0.15, 0.2) is 60.0 Å². The first-order chi connectivity index (χ1) is 12.8. The van der Waals surface area contributed by atoms with Crippen molar-refractivity contribution < 1.29 is 0 Å². The zero-order valence-corrected chi connectivity index (χ0v) is 15.9. The highest BCUT2D eigenvalue weighted by molar-refractivity contribution is 7.10. The Morgan fingerprint density at radius 1 is 0.962 bits per heavy atom. The van der Waals surface area contributed by atoms with Crippen molar-refractivity contribution in [1.82, 2.24) is 10.2 Å². The fourth-order valence-electron chi connectivity index (χ4n) is 3.99. The van der Waals surface area contributed by atoms with Gasteiger partial charge in [-0.2, -0.15) is 0 Å². The monoisotopic (exact) mass is 365 g/mol.